The Balaban J connectivity index is 1.44. The van der Waals surface area contributed by atoms with E-state index in [1.165, 1.54) is 23.3 Å². The van der Waals surface area contributed by atoms with Crippen molar-refractivity contribution < 1.29 is 24.0 Å². The molecule has 2 aromatic carbocycles. The van der Waals surface area contributed by atoms with Gasteiger partial charge >= 0.3 is 5.97 Å². The number of hydrogen-bond acceptors (Lipinski definition) is 7. The van der Waals surface area contributed by atoms with Crippen molar-refractivity contribution >= 4 is 51.4 Å². The fourth-order valence-electron chi connectivity index (χ4n) is 5.55. The predicted octanol–water partition coefficient (Wildman–Crippen LogP) is 5.43. The number of hydrogen-bond donors (Lipinski definition) is 0. The number of rotatable bonds is 4. The highest BCUT2D eigenvalue weighted by molar-refractivity contribution is 7.17. The molecule has 3 aliphatic rings. The van der Waals surface area contributed by atoms with E-state index >= 15 is 0 Å². The number of fused-ring (bicyclic) bond motifs is 2. The molecular formula is C28H25ClN2O5S. The lowest BCUT2D eigenvalue weighted by atomic mass is 9.90. The third kappa shape index (κ3) is 3.86. The average Bonchev–Trinajstić information content (AvgIpc) is 3.55. The maximum atomic E-state index is 14.1. The number of aryl methyl sites for hydroxylation is 2. The summed E-state index contributed by atoms with van der Waals surface area (Å²) in [7, 11) is 1.32. The van der Waals surface area contributed by atoms with Crippen LogP contribution >= 0.6 is 22.9 Å². The summed E-state index contributed by atoms with van der Waals surface area (Å²) in [6, 6.07) is 14.4. The largest absolute Gasteiger partial charge is 0.465 e. The summed E-state index contributed by atoms with van der Waals surface area (Å²) in [5.74, 6) is -2.14. The lowest BCUT2D eigenvalue weighted by Crippen LogP contribution is -2.37. The fourth-order valence-corrected chi connectivity index (χ4v) is 7.06. The van der Waals surface area contributed by atoms with E-state index in [4.69, 9.17) is 21.2 Å². The Morgan fingerprint density at radius 2 is 1.73 bits per heavy atom. The Labute approximate surface area is 223 Å². The Morgan fingerprint density at radius 1 is 1.03 bits per heavy atom. The molecule has 190 valence electrons. The molecule has 6 rings (SSSR count). The van der Waals surface area contributed by atoms with Crippen LogP contribution in [0.25, 0.3) is 0 Å². The van der Waals surface area contributed by atoms with E-state index in [2.05, 4.69) is 0 Å². The molecule has 2 fully saturated rings. The van der Waals surface area contributed by atoms with Crippen LogP contribution in [0.1, 0.15) is 50.8 Å². The molecule has 3 atom stereocenters. The summed E-state index contributed by atoms with van der Waals surface area (Å²) in [5, 5.41) is 2.57. The number of anilines is 2. The molecular weight excluding hydrogens is 512 g/mol. The highest BCUT2D eigenvalue weighted by Gasteiger charge is 2.61. The predicted molar refractivity (Wildman–Crippen MR) is 141 cm³/mol. The van der Waals surface area contributed by atoms with Gasteiger partial charge in [-0.05, 0) is 68.0 Å². The van der Waals surface area contributed by atoms with Crippen LogP contribution in [0.4, 0.5) is 10.7 Å². The highest BCUT2D eigenvalue weighted by atomic mass is 35.5. The third-order valence-electron chi connectivity index (χ3n) is 7.36. The van der Waals surface area contributed by atoms with Gasteiger partial charge in [0.05, 0.1) is 24.4 Å². The Kier molecular flexibility index (Phi) is 6.06. The first-order valence-corrected chi connectivity index (χ1v) is 13.5. The molecule has 2 aliphatic heterocycles. The first kappa shape index (κ1) is 24.2. The smallest absolute Gasteiger partial charge is 0.341 e. The van der Waals surface area contributed by atoms with E-state index in [0.29, 0.717) is 21.3 Å². The molecule has 1 aromatic heterocycles. The quantitative estimate of drug-likeness (QED) is 0.327. The van der Waals surface area contributed by atoms with Gasteiger partial charge in [0, 0.05) is 9.90 Å². The summed E-state index contributed by atoms with van der Waals surface area (Å²) in [6.07, 6.45) is 2.50. The molecule has 0 N–H and O–H groups in total. The molecule has 37 heavy (non-hydrogen) atoms. The van der Waals surface area contributed by atoms with Crippen molar-refractivity contribution in [1.29, 1.82) is 0 Å². The summed E-state index contributed by atoms with van der Waals surface area (Å²) in [5.41, 5.74) is 3.87. The Bertz CT molecular complexity index is 1400. The minimum Gasteiger partial charge on any atom is -0.465 e. The molecule has 0 bridgehead atoms. The number of nitrogens with zero attached hydrogens (tertiary/aromatic N) is 2. The molecule has 9 heteroatoms. The molecule has 0 radical (unpaired) electrons. The fraction of sp³-hybridized carbons (Fsp3) is 0.321. The number of amides is 2. The molecule has 1 aliphatic carbocycles. The van der Waals surface area contributed by atoms with Crippen LogP contribution in [-0.2, 0) is 32.0 Å². The first-order chi connectivity index (χ1) is 17.9. The van der Waals surface area contributed by atoms with E-state index < -0.39 is 29.9 Å². The lowest BCUT2D eigenvalue weighted by molar-refractivity contribution is -0.126. The molecule has 0 unspecified atom stereocenters. The maximum absolute atomic E-state index is 14.1. The minimum atomic E-state index is -1.01. The van der Waals surface area contributed by atoms with Crippen molar-refractivity contribution in [3.63, 3.8) is 0 Å². The number of ether oxygens (including phenoxy) is 1. The monoisotopic (exact) mass is 536 g/mol. The van der Waals surface area contributed by atoms with E-state index in [1.807, 2.05) is 31.2 Å². The second-order valence-corrected chi connectivity index (χ2v) is 11.1. The normalized spacial score (nSPS) is 22.8. The number of carbonyl (C=O) groups is 3. The highest BCUT2D eigenvalue weighted by Crippen LogP contribution is 2.50. The van der Waals surface area contributed by atoms with E-state index in [9.17, 15) is 14.4 Å². The van der Waals surface area contributed by atoms with Gasteiger partial charge in [-0.2, -0.15) is 0 Å². The van der Waals surface area contributed by atoms with Gasteiger partial charge in [-0.25, -0.2) is 14.8 Å². The second kappa shape index (κ2) is 9.28. The van der Waals surface area contributed by atoms with Crippen LogP contribution < -0.4 is 9.96 Å². The van der Waals surface area contributed by atoms with Crippen LogP contribution in [0, 0.1) is 12.8 Å². The SMILES string of the molecule is COC(=O)c1c(N2C(=O)[C@H]3[C@H](ON(c4ccc(Cl)cc4)[C@@H]3c3ccc(C)cc3)C2=O)sc2c1CCCC2. The van der Waals surface area contributed by atoms with Gasteiger partial charge < -0.3 is 4.74 Å². The number of imide groups is 1. The van der Waals surface area contributed by atoms with Crippen LogP contribution in [-0.4, -0.2) is 31.0 Å². The van der Waals surface area contributed by atoms with Crippen molar-refractivity contribution in [2.45, 2.75) is 44.8 Å². The average molecular weight is 537 g/mol. The second-order valence-electron chi connectivity index (χ2n) is 9.60. The molecule has 3 heterocycles. The third-order valence-corrected chi connectivity index (χ3v) is 8.89. The summed E-state index contributed by atoms with van der Waals surface area (Å²) >= 11 is 7.45. The number of benzene rings is 2. The molecule has 3 aromatic rings. The molecule has 7 nitrogen and oxygen atoms in total. The van der Waals surface area contributed by atoms with Gasteiger partial charge in [0.1, 0.15) is 10.9 Å². The van der Waals surface area contributed by atoms with Crippen LogP contribution in [0.3, 0.4) is 0 Å². The lowest BCUT2D eigenvalue weighted by Gasteiger charge is -2.28. The van der Waals surface area contributed by atoms with Crippen molar-refractivity contribution in [3.05, 3.63) is 80.7 Å². The van der Waals surface area contributed by atoms with Crippen molar-refractivity contribution in [2.75, 3.05) is 17.1 Å². The van der Waals surface area contributed by atoms with Crippen LogP contribution in [0.5, 0.6) is 0 Å². The van der Waals surface area contributed by atoms with Gasteiger partial charge in [0.2, 0.25) is 5.91 Å². The van der Waals surface area contributed by atoms with Crippen molar-refractivity contribution in [1.82, 2.24) is 0 Å². The van der Waals surface area contributed by atoms with Crippen LogP contribution in [0.15, 0.2) is 48.5 Å². The minimum absolute atomic E-state index is 0.338. The standard InChI is InChI=1S/C28H25ClN2O5S/c1-15-7-9-16(10-8-15)23-22-24(36-31(23)18-13-11-17(29)12-14-18)26(33)30(25(22)32)27-21(28(34)35-2)19-5-3-4-6-20(19)37-27/h7-14,22-24H,3-6H2,1-2H3/t22-,23-,24+/m1/s1. The van der Waals surface area contributed by atoms with E-state index in [-0.39, 0.29) is 5.91 Å². The van der Waals surface area contributed by atoms with Gasteiger partial charge in [0.25, 0.3) is 5.91 Å². The maximum Gasteiger partial charge on any atom is 0.341 e. The molecule has 0 spiro atoms. The Hall–Kier alpha value is -3.20. The topological polar surface area (TPSA) is 76.2 Å². The molecule has 0 saturated carbocycles. The zero-order valence-electron chi connectivity index (χ0n) is 20.4. The zero-order chi connectivity index (χ0) is 25.8. The number of carbonyl (C=O) groups excluding carboxylic acids is 3. The molecule has 2 amide bonds. The first-order valence-electron chi connectivity index (χ1n) is 12.3. The summed E-state index contributed by atoms with van der Waals surface area (Å²) in [4.78, 5) is 49.2. The van der Waals surface area contributed by atoms with E-state index in [1.54, 1.807) is 29.3 Å². The molecule has 2 saturated heterocycles. The number of esters is 1. The van der Waals surface area contributed by atoms with Crippen molar-refractivity contribution in [2.24, 2.45) is 5.92 Å². The zero-order valence-corrected chi connectivity index (χ0v) is 22.0. The van der Waals surface area contributed by atoms with Crippen LogP contribution in [0.2, 0.25) is 5.02 Å². The van der Waals surface area contributed by atoms with Gasteiger partial charge in [-0.15, -0.1) is 11.3 Å². The van der Waals surface area contributed by atoms with Crippen molar-refractivity contribution in [3.8, 4) is 0 Å². The number of methoxy groups -OCH3 is 1. The van der Waals surface area contributed by atoms with Gasteiger partial charge in [-0.1, -0.05) is 41.4 Å². The summed E-state index contributed by atoms with van der Waals surface area (Å²) < 4.78 is 5.08. The number of hydroxylamine groups is 1. The number of halogens is 1. The van der Waals surface area contributed by atoms with Gasteiger partial charge in [-0.3, -0.25) is 14.4 Å². The van der Waals surface area contributed by atoms with E-state index in [0.717, 1.165) is 47.3 Å². The summed E-state index contributed by atoms with van der Waals surface area (Å²) in [6.45, 7) is 1.99. The van der Waals surface area contributed by atoms with Gasteiger partial charge in [0.15, 0.2) is 6.10 Å². The number of thiophene rings is 1. The Morgan fingerprint density at radius 3 is 2.43 bits per heavy atom.